The molecule has 0 fully saturated rings. The molecule has 0 aliphatic heterocycles. The first-order valence-electron chi connectivity index (χ1n) is 4.82. The first-order valence-corrected chi connectivity index (χ1v) is 4.82. The summed E-state index contributed by atoms with van der Waals surface area (Å²) in [6.45, 7) is 4.44. The Kier molecular flexibility index (Phi) is 7.62. The van der Waals surface area contributed by atoms with Gasteiger partial charge in [-0.3, -0.25) is 0 Å². The minimum absolute atomic E-state index is 0. The molecule has 0 aromatic rings. The largest absolute Gasteiger partial charge is 1.00 e. The van der Waals surface area contributed by atoms with Gasteiger partial charge >= 0.3 is 0 Å². The van der Waals surface area contributed by atoms with Gasteiger partial charge in [-0.25, -0.2) is 0 Å². The Hall–Kier alpha value is -0.0100. The molecular formula is C10H19ClN-. The Bertz CT molecular complexity index is 132. The maximum Gasteiger partial charge on any atom is -0.00117 e. The topological polar surface area (TPSA) is 12.0 Å². The molecule has 1 nitrogen and oxygen atoms in total. The van der Waals surface area contributed by atoms with Crippen molar-refractivity contribution in [2.24, 2.45) is 0 Å². The smallest absolute Gasteiger partial charge is 0.00117 e. The molecule has 0 bridgehead atoms. The lowest BCUT2D eigenvalue weighted by molar-refractivity contribution is -0.00000248. The lowest BCUT2D eigenvalue weighted by Crippen LogP contribution is -3.00. The summed E-state index contributed by atoms with van der Waals surface area (Å²) in [4.78, 5) is 0. The average molecular weight is 189 g/mol. The zero-order valence-electron chi connectivity index (χ0n) is 7.91. The van der Waals surface area contributed by atoms with Crippen LogP contribution in [0, 0.1) is 0 Å². The van der Waals surface area contributed by atoms with E-state index in [0.717, 1.165) is 6.54 Å². The van der Waals surface area contributed by atoms with Crippen molar-refractivity contribution >= 4 is 0 Å². The number of rotatable bonds is 4. The molecule has 1 N–H and O–H groups in total. The van der Waals surface area contributed by atoms with Gasteiger partial charge in [0.25, 0.3) is 0 Å². The molecule has 0 unspecified atom stereocenters. The molecule has 0 radical (unpaired) electrons. The third kappa shape index (κ3) is 4.78. The fourth-order valence-electron chi connectivity index (χ4n) is 1.56. The van der Waals surface area contributed by atoms with Crippen LogP contribution in [0.1, 0.15) is 39.0 Å². The van der Waals surface area contributed by atoms with E-state index in [0.29, 0.717) is 0 Å². The van der Waals surface area contributed by atoms with E-state index in [2.05, 4.69) is 18.3 Å². The fraction of sp³-hybridized carbons (Fsp3) is 0.800. The van der Waals surface area contributed by atoms with E-state index < -0.39 is 0 Å². The van der Waals surface area contributed by atoms with Crippen LogP contribution in [-0.4, -0.2) is 13.1 Å². The van der Waals surface area contributed by atoms with Crippen LogP contribution >= 0.6 is 0 Å². The summed E-state index contributed by atoms with van der Waals surface area (Å²) in [5, 5.41) is 3.35. The van der Waals surface area contributed by atoms with Gasteiger partial charge in [-0.05, 0) is 45.2 Å². The summed E-state index contributed by atoms with van der Waals surface area (Å²) in [6.07, 6.45) is 9.20. The quantitative estimate of drug-likeness (QED) is 0.463. The molecule has 0 aromatic carbocycles. The Balaban J connectivity index is 0.00000121. The number of hydrogen-bond donors (Lipinski definition) is 1. The maximum atomic E-state index is 3.35. The minimum atomic E-state index is 0. The van der Waals surface area contributed by atoms with E-state index in [1.165, 1.54) is 38.6 Å². The van der Waals surface area contributed by atoms with Gasteiger partial charge in [-0.15, -0.1) is 0 Å². The summed E-state index contributed by atoms with van der Waals surface area (Å²) in [5.74, 6) is 0. The molecule has 2 heteroatoms. The normalized spacial score (nSPS) is 16.6. The van der Waals surface area contributed by atoms with E-state index in [-0.39, 0.29) is 12.4 Å². The molecule has 12 heavy (non-hydrogen) atoms. The van der Waals surface area contributed by atoms with Crippen molar-refractivity contribution < 1.29 is 12.4 Å². The van der Waals surface area contributed by atoms with Crippen molar-refractivity contribution in [3.63, 3.8) is 0 Å². The molecule has 1 rings (SSSR count). The number of hydrogen-bond acceptors (Lipinski definition) is 1. The van der Waals surface area contributed by atoms with Gasteiger partial charge in [0.15, 0.2) is 0 Å². The van der Waals surface area contributed by atoms with E-state index in [9.17, 15) is 0 Å². The minimum Gasteiger partial charge on any atom is -1.00 e. The summed E-state index contributed by atoms with van der Waals surface area (Å²) in [5.41, 5.74) is 1.68. The van der Waals surface area contributed by atoms with Crippen LogP contribution in [0.4, 0.5) is 0 Å². The fourth-order valence-corrected chi connectivity index (χ4v) is 1.56. The van der Waals surface area contributed by atoms with E-state index in [4.69, 9.17) is 0 Å². The van der Waals surface area contributed by atoms with Crippen molar-refractivity contribution in [3.05, 3.63) is 11.6 Å². The summed E-state index contributed by atoms with van der Waals surface area (Å²) < 4.78 is 0. The molecule has 0 saturated carbocycles. The van der Waals surface area contributed by atoms with Crippen molar-refractivity contribution in [2.45, 2.75) is 39.0 Å². The molecule has 0 saturated heterocycles. The molecule has 0 heterocycles. The molecule has 0 aromatic heterocycles. The zero-order valence-corrected chi connectivity index (χ0v) is 8.66. The molecule has 0 spiro atoms. The van der Waals surface area contributed by atoms with Crippen LogP contribution < -0.4 is 17.7 Å². The first kappa shape index (κ1) is 12.0. The van der Waals surface area contributed by atoms with Gasteiger partial charge in [-0.2, -0.15) is 0 Å². The predicted octanol–water partition coefficient (Wildman–Crippen LogP) is -0.510. The Morgan fingerprint density at radius 1 is 1.42 bits per heavy atom. The number of nitrogens with one attached hydrogen (secondary N) is 1. The van der Waals surface area contributed by atoms with Gasteiger partial charge in [0, 0.05) is 0 Å². The van der Waals surface area contributed by atoms with E-state index in [1.807, 2.05) is 0 Å². The zero-order chi connectivity index (χ0) is 7.94. The Labute approximate surface area is 82.0 Å². The molecule has 1 aliphatic carbocycles. The highest BCUT2D eigenvalue weighted by atomic mass is 35.5. The maximum absolute atomic E-state index is 3.35. The van der Waals surface area contributed by atoms with Crippen molar-refractivity contribution in [1.82, 2.24) is 5.32 Å². The lowest BCUT2D eigenvalue weighted by atomic mass is 9.97. The highest BCUT2D eigenvalue weighted by Gasteiger charge is 2.01. The van der Waals surface area contributed by atoms with E-state index >= 15 is 0 Å². The third-order valence-electron chi connectivity index (χ3n) is 2.26. The molecule has 72 valence electrons. The Morgan fingerprint density at radius 2 is 2.25 bits per heavy atom. The van der Waals surface area contributed by atoms with Gasteiger partial charge in [0.05, 0.1) is 0 Å². The van der Waals surface area contributed by atoms with Gasteiger partial charge in [-0.1, -0.05) is 18.6 Å². The van der Waals surface area contributed by atoms with E-state index in [1.54, 1.807) is 5.57 Å². The van der Waals surface area contributed by atoms with Crippen LogP contribution in [-0.2, 0) is 0 Å². The highest BCUT2D eigenvalue weighted by Crippen LogP contribution is 2.19. The molecule has 0 amide bonds. The number of allylic oxidation sites excluding steroid dienone is 1. The summed E-state index contributed by atoms with van der Waals surface area (Å²) in [7, 11) is 0. The van der Waals surface area contributed by atoms with Crippen molar-refractivity contribution in [3.8, 4) is 0 Å². The third-order valence-corrected chi connectivity index (χ3v) is 2.26. The van der Waals surface area contributed by atoms with Gasteiger partial charge < -0.3 is 17.7 Å². The Morgan fingerprint density at radius 3 is 2.83 bits per heavy atom. The molecular weight excluding hydrogens is 170 g/mol. The van der Waals surface area contributed by atoms with Crippen LogP contribution in [0.5, 0.6) is 0 Å². The summed E-state index contributed by atoms with van der Waals surface area (Å²) >= 11 is 0. The number of halogens is 1. The SMILES string of the molecule is CCNCCC1=CCCCC1.[Cl-]. The second-order valence-corrected chi connectivity index (χ2v) is 3.21. The van der Waals surface area contributed by atoms with Crippen LogP contribution in [0.15, 0.2) is 11.6 Å². The second kappa shape index (κ2) is 7.63. The average Bonchev–Trinajstić information content (AvgIpc) is 2.07. The first-order chi connectivity index (χ1) is 5.43. The second-order valence-electron chi connectivity index (χ2n) is 3.21. The van der Waals surface area contributed by atoms with Crippen LogP contribution in [0.2, 0.25) is 0 Å². The molecule has 1 aliphatic rings. The van der Waals surface area contributed by atoms with Gasteiger partial charge in [0.1, 0.15) is 0 Å². The lowest BCUT2D eigenvalue weighted by Gasteiger charge is -2.12. The monoisotopic (exact) mass is 188 g/mol. The van der Waals surface area contributed by atoms with Crippen LogP contribution in [0.3, 0.4) is 0 Å². The highest BCUT2D eigenvalue weighted by molar-refractivity contribution is 5.04. The summed E-state index contributed by atoms with van der Waals surface area (Å²) in [6, 6.07) is 0. The van der Waals surface area contributed by atoms with Crippen molar-refractivity contribution in [1.29, 1.82) is 0 Å². The van der Waals surface area contributed by atoms with Crippen molar-refractivity contribution in [2.75, 3.05) is 13.1 Å². The van der Waals surface area contributed by atoms with Gasteiger partial charge in [0.2, 0.25) is 0 Å². The molecule has 0 atom stereocenters. The van der Waals surface area contributed by atoms with Crippen LogP contribution in [0.25, 0.3) is 0 Å². The standard InChI is InChI=1S/C10H19N.ClH/c1-2-11-9-8-10-6-4-3-5-7-10;/h6,11H,2-5,7-9H2,1H3;1H/p-1. The predicted molar refractivity (Wildman–Crippen MR) is 49.7 cm³/mol.